The number of hydrogen-bond donors (Lipinski definition) is 1. The molecule has 0 heterocycles. The van der Waals surface area contributed by atoms with Crippen molar-refractivity contribution in [3.63, 3.8) is 0 Å². The molecule has 0 atom stereocenters. The first-order valence-corrected chi connectivity index (χ1v) is 5.70. The van der Waals surface area contributed by atoms with Crippen LogP contribution >= 0.6 is 0 Å². The summed E-state index contributed by atoms with van der Waals surface area (Å²) in [5, 5.41) is 0.490. The van der Waals surface area contributed by atoms with Gasteiger partial charge in [0, 0.05) is 0 Å². The lowest BCUT2D eigenvalue weighted by atomic mass is 9.06. The monoisotopic (exact) mass is 198 g/mol. The van der Waals surface area contributed by atoms with Crippen molar-refractivity contribution in [2.75, 3.05) is 0 Å². The Kier molecular flexibility index (Phi) is 3.27. The van der Waals surface area contributed by atoms with Crippen LogP contribution < -0.4 is 5.64 Å². The third kappa shape index (κ3) is 2.00. The van der Waals surface area contributed by atoms with E-state index in [1.807, 2.05) is 0 Å². The molecule has 14 heavy (non-hydrogen) atoms. The molecule has 0 aromatic carbocycles. The van der Waals surface area contributed by atoms with Gasteiger partial charge in [-0.1, -0.05) is 62.3 Å². The van der Waals surface area contributed by atoms with Crippen LogP contribution in [0.25, 0.3) is 0 Å². The molecule has 0 spiro atoms. The van der Waals surface area contributed by atoms with E-state index in [0.717, 1.165) is 0 Å². The van der Waals surface area contributed by atoms with E-state index >= 15 is 0 Å². The van der Waals surface area contributed by atoms with Gasteiger partial charge in [-0.05, 0) is 0 Å². The third-order valence-electron chi connectivity index (χ3n) is 4.10. The Morgan fingerprint density at radius 1 is 0.571 bits per heavy atom. The molecule has 0 amide bonds. The van der Waals surface area contributed by atoms with Gasteiger partial charge in [0.15, 0.2) is 0 Å². The van der Waals surface area contributed by atoms with Crippen molar-refractivity contribution in [1.82, 2.24) is 0 Å². The first-order valence-electron chi connectivity index (χ1n) is 5.70. The molecule has 0 aromatic rings. The largest absolute Gasteiger partial charge is 0.501 e. The van der Waals surface area contributed by atoms with E-state index in [4.69, 9.17) is 5.64 Å². The molecule has 0 aromatic heterocycles. The number of rotatable bonds is 0. The van der Waals surface area contributed by atoms with Gasteiger partial charge >= 0.3 is 0 Å². The zero-order valence-electron chi connectivity index (χ0n) is 11.7. The van der Waals surface area contributed by atoms with E-state index in [1.165, 1.54) is 0 Å². The summed E-state index contributed by atoms with van der Waals surface area (Å²) >= 11 is 0. The number of hydrogen-bond acceptors (Lipinski definition) is 1. The van der Waals surface area contributed by atoms with Crippen LogP contribution in [0.3, 0.4) is 0 Å². The minimum Gasteiger partial charge on any atom is -0.501 e. The van der Waals surface area contributed by atoms with Crippen LogP contribution in [0.4, 0.5) is 0 Å². The molecule has 86 valence electrons. The van der Waals surface area contributed by atoms with E-state index in [-0.39, 0.29) is 15.9 Å². The Hall–Kier alpha value is 0.0249. The second-order valence-electron chi connectivity index (χ2n) is 8.03. The van der Waals surface area contributed by atoms with Crippen molar-refractivity contribution >= 4 is 6.28 Å². The van der Waals surface area contributed by atoms with Crippen molar-refractivity contribution < 1.29 is 0 Å². The lowest BCUT2D eigenvalue weighted by Gasteiger charge is -2.65. The topological polar surface area (TPSA) is 26.0 Å². The van der Waals surface area contributed by atoms with Gasteiger partial charge < -0.3 is 5.64 Å². The predicted octanol–water partition coefficient (Wildman–Crippen LogP) is 4.29. The summed E-state index contributed by atoms with van der Waals surface area (Å²) in [6.45, 7) is 20.4. The molecule has 0 bridgehead atoms. The predicted molar refractivity (Wildman–Crippen MR) is 69.1 cm³/mol. The van der Waals surface area contributed by atoms with Crippen molar-refractivity contribution in [3.05, 3.63) is 0 Å². The summed E-state index contributed by atoms with van der Waals surface area (Å²) < 4.78 is 0. The smallest absolute Gasteiger partial charge is 0.0719 e. The highest BCUT2D eigenvalue weighted by Gasteiger charge is 2.48. The van der Waals surface area contributed by atoms with Crippen molar-refractivity contribution in [3.8, 4) is 0 Å². The summed E-state index contributed by atoms with van der Waals surface area (Å²) in [4.78, 5) is 0. The van der Waals surface area contributed by atoms with Gasteiger partial charge in [0.25, 0.3) is 0 Å². The molecule has 2 N–H and O–H groups in total. The first kappa shape index (κ1) is 14.0. The molecule has 1 nitrogen and oxygen atoms in total. The van der Waals surface area contributed by atoms with E-state index in [0.29, 0.717) is 0 Å². The first-order chi connectivity index (χ1) is 5.75. The van der Waals surface area contributed by atoms with Crippen molar-refractivity contribution in [2.24, 2.45) is 5.64 Å². The van der Waals surface area contributed by atoms with Gasteiger partial charge in [-0.3, -0.25) is 0 Å². The molecule has 0 radical (unpaired) electrons. The molecule has 0 saturated heterocycles. The van der Waals surface area contributed by atoms with E-state index < -0.39 is 6.28 Å². The Labute approximate surface area is 90.8 Å². The quantitative estimate of drug-likeness (QED) is 0.577. The minimum atomic E-state index is -0.938. The summed E-state index contributed by atoms with van der Waals surface area (Å²) in [7, 11) is 0. The molecule has 0 unspecified atom stereocenters. The number of nitrogens with two attached hydrogens (primary N) is 1. The molecular weight excluding hydrogens is 169 g/mol. The SMILES string of the molecule is CC(C)(C)[B-](N)(C(C)(C)C)C(C)(C)C. The highest BCUT2D eigenvalue weighted by atomic mass is 14.6. The summed E-state index contributed by atoms with van der Waals surface area (Å²) in [6.07, 6.45) is -0.938. The normalized spacial score (nSPS) is 15.9. The highest BCUT2D eigenvalue weighted by Crippen LogP contribution is 2.58. The average Bonchev–Trinajstić information content (AvgIpc) is 1.77. The Morgan fingerprint density at radius 2 is 0.714 bits per heavy atom. The second kappa shape index (κ2) is 3.26. The van der Waals surface area contributed by atoms with Gasteiger partial charge in [0.2, 0.25) is 0 Å². The Balaban J connectivity index is 5.54. The standard InChI is InChI=1S/C12H29BN/c1-10(2,3)13(14,11(4,5)6)12(7,8)9/h14H2,1-9H3/q-1. The lowest BCUT2D eigenvalue weighted by molar-refractivity contribution is 0.530. The summed E-state index contributed by atoms with van der Waals surface area (Å²) in [5.74, 6) is 0. The lowest BCUT2D eigenvalue weighted by Crippen LogP contribution is -2.66. The zero-order chi connectivity index (χ0) is 12.0. The fourth-order valence-electron chi connectivity index (χ4n) is 3.90. The molecular formula is C12H29BN-. The molecule has 0 saturated carbocycles. The maximum atomic E-state index is 6.79. The Morgan fingerprint density at radius 3 is 0.714 bits per heavy atom. The minimum absolute atomic E-state index is 0.163. The van der Waals surface area contributed by atoms with Crippen LogP contribution in [0, 0.1) is 0 Å². The van der Waals surface area contributed by atoms with Gasteiger partial charge in [0.05, 0.1) is 6.28 Å². The van der Waals surface area contributed by atoms with Crippen molar-refractivity contribution in [2.45, 2.75) is 78.3 Å². The van der Waals surface area contributed by atoms with Crippen molar-refractivity contribution in [1.29, 1.82) is 0 Å². The molecule has 0 aliphatic heterocycles. The maximum Gasteiger partial charge on any atom is 0.0719 e. The summed E-state index contributed by atoms with van der Waals surface area (Å²) in [5.41, 5.74) is 6.79. The van der Waals surface area contributed by atoms with Crippen LogP contribution in [-0.4, -0.2) is 6.28 Å². The fraction of sp³-hybridized carbons (Fsp3) is 1.00. The van der Waals surface area contributed by atoms with Crippen LogP contribution in [0.5, 0.6) is 0 Å². The Bertz CT molecular complexity index is 164. The highest BCUT2D eigenvalue weighted by molar-refractivity contribution is 6.84. The molecule has 0 aliphatic carbocycles. The van der Waals surface area contributed by atoms with E-state index in [9.17, 15) is 0 Å². The molecule has 2 heteroatoms. The molecule has 0 aliphatic rings. The van der Waals surface area contributed by atoms with Crippen LogP contribution in [-0.2, 0) is 0 Å². The van der Waals surface area contributed by atoms with Crippen LogP contribution in [0.1, 0.15) is 62.3 Å². The van der Waals surface area contributed by atoms with E-state index in [2.05, 4.69) is 62.3 Å². The van der Waals surface area contributed by atoms with Crippen LogP contribution in [0.2, 0.25) is 15.9 Å². The molecule has 0 rings (SSSR count). The van der Waals surface area contributed by atoms with Gasteiger partial charge in [-0.25, -0.2) is 0 Å². The van der Waals surface area contributed by atoms with Gasteiger partial charge in [-0.15, -0.1) is 15.9 Å². The van der Waals surface area contributed by atoms with Crippen LogP contribution in [0.15, 0.2) is 0 Å². The third-order valence-corrected chi connectivity index (χ3v) is 4.10. The van der Waals surface area contributed by atoms with Gasteiger partial charge in [-0.2, -0.15) is 0 Å². The molecule has 0 fully saturated rings. The van der Waals surface area contributed by atoms with E-state index in [1.54, 1.807) is 0 Å². The maximum absolute atomic E-state index is 6.79. The second-order valence-corrected chi connectivity index (χ2v) is 8.03. The fourth-order valence-corrected chi connectivity index (χ4v) is 3.90. The zero-order valence-corrected chi connectivity index (χ0v) is 11.7. The summed E-state index contributed by atoms with van der Waals surface area (Å²) in [6, 6.07) is 0. The average molecular weight is 198 g/mol. The van der Waals surface area contributed by atoms with Gasteiger partial charge in [0.1, 0.15) is 0 Å².